The van der Waals surface area contributed by atoms with Crippen LogP contribution < -0.4 is 5.56 Å². The minimum Gasteiger partial charge on any atom is -0.492 e. The summed E-state index contributed by atoms with van der Waals surface area (Å²) < 4.78 is 0.179. The van der Waals surface area contributed by atoms with Gasteiger partial charge in [0.2, 0.25) is 5.88 Å². The maximum absolute atomic E-state index is 11.3. The van der Waals surface area contributed by atoms with E-state index in [0.717, 1.165) is 5.56 Å². The fourth-order valence-electron chi connectivity index (χ4n) is 1.98. The van der Waals surface area contributed by atoms with Crippen molar-refractivity contribution in [3.8, 4) is 5.88 Å². The summed E-state index contributed by atoms with van der Waals surface area (Å²) in [4.78, 5) is 16.5. The molecule has 0 bridgehead atoms. The quantitative estimate of drug-likeness (QED) is 0.512. The molecule has 0 aliphatic heterocycles. The van der Waals surface area contributed by atoms with Gasteiger partial charge >= 0.3 is 0 Å². The second-order valence-electron chi connectivity index (χ2n) is 4.61. The molecule has 0 saturated carbocycles. The van der Waals surface area contributed by atoms with Crippen LogP contribution in [0.5, 0.6) is 5.88 Å². The first-order valence-electron chi connectivity index (χ1n) is 6.36. The van der Waals surface area contributed by atoms with Gasteiger partial charge in [-0.05, 0) is 25.0 Å². The Morgan fingerprint density at radius 3 is 2.67 bits per heavy atom. The molecule has 0 atom stereocenters. The number of rotatable bonds is 4. The Morgan fingerprint density at radius 1 is 1.33 bits per heavy atom. The molecule has 1 aromatic carbocycles. The highest BCUT2D eigenvalue weighted by molar-refractivity contribution is 6.01. The first kappa shape index (κ1) is 14.6. The number of aromatic nitrogens is 1. The van der Waals surface area contributed by atoms with Crippen molar-refractivity contribution in [1.29, 1.82) is 0 Å². The van der Waals surface area contributed by atoms with E-state index in [1.165, 1.54) is 6.07 Å². The van der Waals surface area contributed by atoms with Crippen molar-refractivity contribution in [2.45, 2.75) is 20.5 Å². The lowest BCUT2D eigenvalue weighted by Crippen LogP contribution is -2.20. The number of hydrogen-bond acceptors (Lipinski definition) is 5. The molecule has 6 heteroatoms. The number of aromatic hydroxyl groups is 1. The first-order valence-corrected chi connectivity index (χ1v) is 6.36. The summed E-state index contributed by atoms with van der Waals surface area (Å²) in [5.41, 5.74) is 1.40. The van der Waals surface area contributed by atoms with E-state index in [1.54, 1.807) is 13.8 Å². The summed E-state index contributed by atoms with van der Waals surface area (Å²) in [6, 6.07) is 10.7. The van der Waals surface area contributed by atoms with Crippen LogP contribution in [-0.4, -0.2) is 20.8 Å². The monoisotopic (exact) mass is 288 g/mol. The van der Waals surface area contributed by atoms with Crippen LogP contribution in [0.2, 0.25) is 0 Å². The van der Waals surface area contributed by atoms with Crippen molar-refractivity contribution >= 4 is 5.71 Å². The Morgan fingerprint density at radius 2 is 2.00 bits per heavy atom. The maximum Gasteiger partial charge on any atom is 0.286 e. The Hall–Kier alpha value is -2.76. The van der Waals surface area contributed by atoms with E-state index in [2.05, 4.69) is 5.16 Å². The van der Waals surface area contributed by atoms with Gasteiger partial charge in [-0.2, -0.15) is 0 Å². The maximum atomic E-state index is 11.3. The molecular weight excluding hydrogens is 272 g/mol. The average Bonchev–Trinajstić information content (AvgIpc) is 2.46. The molecule has 0 spiro atoms. The topological polar surface area (TPSA) is 84.0 Å². The van der Waals surface area contributed by atoms with E-state index in [-0.39, 0.29) is 16.9 Å². The van der Waals surface area contributed by atoms with E-state index >= 15 is 0 Å². The highest BCUT2D eigenvalue weighted by atomic mass is 16.6. The van der Waals surface area contributed by atoms with Crippen LogP contribution in [-0.2, 0) is 11.4 Å². The molecule has 2 aromatic rings. The largest absolute Gasteiger partial charge is 0.492 e. The minimum absolute atomic E-state index is 0.179. The third-order valence-corrected chi connectivity index (χ3v) is 3.00. The van der Waals surface area contributed by atoms with E-state index < -0.39 is 11.4 Å². The van der Waals surface area contributed by atoms with E-state index in [4.69, 9.17) is 4.84 Å². The third kappa shape index (κ3) is 3.22. The summed E-state index contributed by atoms with van der Waals surface area (Å²) >= 11 is 0. The zero-order valence-electron chi connectivity index (χ0n) is 11.8. The van der Waals surface area contributed by atoms with Crippen molar-refractivity contribution in [1.82, 2.24) is 4.73 Å². The molecule has 0 saturated heterocycles. The van der Waals surface area contributed by atoms with Crippen LogP contribution in [0.1, 0.15) is 23.6 Å². The molecule has 0 amide bonds. The molecule has 110 valence electrons. The van der Waals surface area contributed by atoms with Gasteiger partial charge in [0.15, 0.2) is 0 Å². The number of pyridine rings is 1. The molecule has 1 heterocycles. The molecule has 0 unspecified atom stereocenters. The van der Waals surface area contributed by atoms with E-state index in [0.29, 0.717) is 11.3 Å². The molecular formula is C15H16N2O4. The summed E-state index contributed by atoms with van der Waals surface area (Å²) in [6.07, 6.45) is 0. The van der Waals surface area contributed by atoms with Crippen LogP contribution >= 0.6 is 0 Å². The molecule has 0 fully saturated rings. The second-order valence-corrected chi connectivity index (χ2v) is 4.61. The van der Waals surface area contributed by atoms with Gasteiger partial charge in [0, 0.05) is 6.07 Å². The number of nitrogens with zero attached hydrogens (tertiary/aromatic N) is 2. The smallest absolute Gasteiger partial charge is 0.286 e. The number of aryl methyl sites for hydroxylation is 1. The normalized spacial score (nSPS) is 11.4. The minimum atomic E-state index is -0.702. The zero-order valence-corrected chi connectivity index (χ0v) is 11.8. The van der Waals surface area contributed by atoms with Crippen LogP contribution in [0, 0.1) is 6.92 Å². The molecule has 0 radical (unpaired) electrons. The average molecular weight is 288 g/mol. The van der Waals surface area contributed by atoms with Gasteiger partial charge in [-0.1, -0.05) is 35.5 Å². The molecule has 21 heavy (non-hydrogen) atoms. The summed E-state index contributed by atoms with van der Waals surface area (Å²) in [5.74, 6) is -0.551. The van der Waals surface area contributed by atoms with Gasteiger partial charge < -0.3 is 15.2 Å². The molecule has 0 aliphatic carbocycles. The summed E-state index contributed by atoms with van der Waals surface area (Å²) in [6.45, 7) is 3.56. The SMILES string of the molecule is C/C(=N/OCc1ccccc1)c1c(C)cc(=O)n(O)c1O. The predicted octanol–water partition coefficient (Wildman–Crippen LogP) is 2.04. The van der Waals surface area contributed by atoms with Crippen molar-refractivity contribution in [2.24, 2.45) is 5.16 Å². The Labute approximate surface area is 121 Å². The number of oxime groups is 1. The van der Waals surface area contributed by atoms with Gasteiger partial charge in [-0.3, -0.25) is 4.79 Å². The van der Waals surface area contributed by atoms with Gasteiger partial charge in [0.1, 0.15) is 6.61 Å². The third-order valence-electron chi connectivity index (χ3n) is 3.00. The predicted molar refractivity (Wildman–Crippen MR) is 77.7 cm³/mol. The fraction of sp³-hybridized carbons (Fsp3) is 0.200. The van der Waals surface area contributed by atoms with E-state index in [1.807, 2.05) is 30.3 Å². The number of hydrogen-bond donors (Lipinski definition) is 2. The van der Waals surface area contributed by atoms with Crippen molar-refractivity contribution in [3.05, 3.63) is 63.4 Å². The second kappa shape index (κ2) is 6.13. The van der Waals surface area contributed by atoms with Crippen molar-refractivity contribution in [2.75, 3.05) is 0 Å². The van der Waals surface area contributed by atoms with Crippen molar-refractivity contribution < 1.29 is 15.2 Å². The van der Waals surface area contributed by atoms with Crippen molar-refractivity contribution in [3.63, 3.8) is 0 Å². The Balaban J connectivity index is 2.20. The molecule has 2 N–H and O–H groups in total. The molecule has 6 nitrogen and oxygen atoms in total. The highest BCUT2D eigenvalue weighted by Crippen LogP contribution is 2.19. The van der Waals surface area contributed by atoms with Gasteiger partial charge in [0.25, 0.3) is 5.56 Å². The van der Waals surface area contributed by atoms with Crippen LogP contribution in [0.3, 0.4) is 0 Å². The molecule has 2 rings (SSSR count). The highest BCUT2D eigenvalue weighted by Gasteiger charge is 2.15. The molecule has 0 aliphatic rings. The standard InChI is InChI=1S/C15H16N2O4/c1-10-8-13(18)17(20)15(19)14(10)11(2)16-21-9-12-6-4-3-5-7-12/h3-8,19-20H,9H2,1-2H3/b16-11-. The van der Waals surface area contributed by atoms with Gasteiger partial charge in [0.05, 0.1) is 11.3 Å². The zero-order chi connectivity index (χ0) is 15.4. The lowest BCUT2D eigenvalue weighted by molar-refractivity contribution is 0.129. The first-order chi connectivity index (χ1) is 10.0. The van der Waals surface area contributed by atoms with Crippen LogP contribution in [0.4, 0.5) is 0 Å². The lowest BCUT2D eigenvalue weighted by atomic mass is 10.1. The van der Waals surface area contributed by atoms with Gasteiger partial charge in [-0.15, -0.1) is 4.73 Å². The Bertz CT molecular complexity index is 720. The van der Waals surface area contributed by atoms with Crippen LogP contribution in [0.15, 0.2) is 46.3 Å². The van der Waals surface area contributed by atoms with Gasteiger partial charge in [-0.25, -0.2) is 0 Å². The summed E-state index contributed by atoms with van der Waals surface area (Å²) in [5, 5.41) is 23.2. The summed E-state index contributed by atoms with van der Waals surface area (Å²) in [7, 11) is 0. The Kier molecular flexibility index (Phi) is 4.27. The van der Waals surface area contributed by atoms with Crippen LogP contribution in [0.25, 0.3) is 0 Å². The fourth-order valence-corrected chi connectivity index (χ4v) is 1.98. The molecule has 1 aromatic heterocycles. The number of benzene rings is 1. The lowest BCUT2D eigenvalue weighted by Gasteiger charge is -2.09. The van der Waals surface area contributed by atoms with E-state index in [9.17, 15) is 15.1 Å².